The number of thiazole rings is 1. The summed E-state index contributed by atoms with van der Waals surface area (Å²) in [6, 6.07) is 20.4. The Bertz CT molecular complexity index is 1760. The molecule has 8 nitrogen and oxygen atoms in total. The molecule has 3 N–H and O–H groups in total. The highest BCUT2D eigenvalue weighted by Crippen LogP contribution is 2.40. The highest BCUT2D eigenvalue weighted by atomic mass is 32.2. The highest BCUT2D eigenvalue weighted by molar-refractivity contribution is 7.82. The van der Waals surface area contributed by atoms with Gasteiger partial charge in [-0.2, -0.15) is 18.3 Å². The van der Waals surface area contributed by atoms with Gasteiger partial charge < -0.3 is 9.84 Å². The zero-order chi connectivity index (χ0) is 29.3. The molecule has 2 heterocycles. The molecule has 0 bridgehead atoms. The summed E-state index contributed by atoms with van der Waals surface area (Å²) < 4.78 is 61.8. The number of carboxylic acids is 1. The van der Waals surface area contributed by atoms with Gasteiger partial charge in [-0.1, -0.05) is 46.7 Å². The quantitative estimate of drug-likeness (QED) is 0.169. The van der Waals surface area contributed by atoms with E-state index in [9.17, 15) is 27.3 Å². The number of nitrogens with zero attached hydrogens (tertiary/aromatic N) is 3. The highest BCUT2D eigenvalue weighted by Gasteiger charge is 2.41. The largest absolute Gasteiger partial charge is 0.497 e. The SMILES string of the molecule is COc1cccc(-c2cccc(-c3nn(-c4nc(C(=O)O)cs4)c(C(F)(F)F)c3Cc3ccc([SH+](N)=O)cc3)c2)c1. The van der Waals surface area contributed by atoms with Crippen molar-refractivity contribution in [1.29, 1.82) is 0 Å². The molecule has 5 rings (SSSR count). The maximum absolute atomic E-state index is 14.7. The first-order valence-electron chi connectivity index (χ1n) is 12.0. The van der Waals surface area contributed by atoms with Crippen LogP contribution in [0.4, 0.5) is 13.2 Å². The predicted octanol–water partition coefficient (Wildman–Crippen LogP) is 5.91. The third-order valence-electron chi connectivity index (χ3n) is 6.26. The Morgan fingerprint density at radius 2 is 1.71 bits per heavy atom. The van der Waals surface area contributed by atoms with Crippen LogP contribution < -0.4 is 9.88 Å². The lowest BCUT2D eigenvalue weighted by Gasteiger charge is -2.12. The Morgan fingerprint density at radius 1 is 1.05 bits per heavy atom. The Kier molecular flexibility index (Phi) is 7.76. The maximum atomic E-state index is 14.7. The topological polar surface area (TPSA) is 120 Å². The summed E-state index contributed by atoms with van der Waals surface area (Å²) in [5, 5.41) is 20.0. The number of benzene rings is 3. The summed E-state index contributed by atoms with van der Waals surface area (Å²) in [6.45, 7) is 0. The lowest BCUT2D eigenvalue weighted by Crippen LogP contribution is -2.16. The molecule has 2 aromatic heterocycles. The van der Waals surface area contributed by atoms with Crippen molar-refractivity contribution < 1.29 is 32.0 Å². The van der Waals surface area contributed by atoms with Gasteiger partial charge in [-0.3, -0.25) is 0 Å². The Balaban J connectivity index is 1.71. The van der Waals surface area contributed by atoms with Crippen LogP contribution in [0.2, 0.25) is 0 Å². The zero-order valence-electron chi connectivity index (χ0n) is 21.3. The number of nitrogens with two attached hydrogens (primary N) is 1. The van der Waals surface area contributed by atoms with Crippen LogP contribution in [-0.2, 0) is 27.8 Å². The molecule has 41 heavy (non-hydrogen) atoms. The summed E-state index contributed by atoms with van der Waals surface area (Å²) in [5.74, 6) is -0.740. The maximum Gasteiger partial charge on any atom is 0.433 e. The summed E-state index contributed by atoms with van der Waals surface area (Å²) >= 11 is 0.742. The fourth-order valence-corrected chi connectivity index (χ4v) is 5.55. The van der Waals surface area contributed by atoms with Gasteiger partial charge in [0, 0.05) is 22.9 Å². The van der Waals surface area contributed by atoms with Crippen LogP contribution in [-0.4, -0.2) is 33.0 Å². The number of thiol groups is 1. The van der Waals surface area contributed by atoms with E-state index in [-0.39, 0.29) is 28.5 Å². The number of alkyl halides is 3. The second kappa shape index (κ2) is 11.3. The van der Waals surface area contributed by atoms with E-state index in [1.54, 1.807) is 43.5 Å². The minimum absolute atomic E-state index is 0.0584. The van der Waals surface area contributed by atoms with Gasteiger partial charge in [-0.25, -0.2) is 14.5 Å². The van der Waals surface area contributed by atoms with Gasteiger partial charge in [0.2, 0.25) is 5.13 Å². The minimum atomic E-state index is -4.86. The van der Waals surface area contributed by atoms with E-state index in [2.05, 4.69) is 10.1 Å². The summed E-state index contributed by atoms with van der Waals surface area (Å²) in [4.78, 5) is 15.7. The van der Waals surface area contributed by atoms with Crippen molar-refractivity contribution in [2.75, 3.05) is 7.11 Å². The van der Waals surface area contributed by atoms with Crippen molar-refractivity contribution in [3.05, 3.63) is 101 Å². The molecule has 0 saturated carbocycles. The lowest BCUT2D eigenvalue weighted by atomic mass is 9.96. The summed E-state index contributed by atoms with van der Waals surface area (Å²) in [5.41, 5.74) is 0.922. The van der Waals surface area contributed by atoms with Crippen LogP contribution in [0.3, 0.4) is 0 Å². The van der Waals surface area contributed by atoms with Gasteiger partial charge in [0.1, 0.15) is 5.75 Å². The second-order valence-electron chi connectivity index (χ2n) is 8.89. The molecule has 3 aromatic carbocycles. The fourth-order valence-electron chi connectivity index (χ4n) is 4.35. The molecular formula is C28H22F3N4O4S2+. The molecule has 0 aliphatic rings. The number of halogens is 3. The van der Waals surface area contributed by atoms with Crippen LogP contribution in [0.15, 0.2) is 83.1 Å². The lowest BCUT2D eigenvalue weighted by molar-refractivity contribution is -0.143. The van der Waals surface area contributed by atoms with E-state index < -0.39 is 28.8 Å². The molecular weight excluding hydrogens is 577 g/mol. The van der Waals surface area contributed by atoms with Gasteiger partial charge >= 0.3 is 12.1 Å². The number of aromatic nitrogens is 3. The molecule has 210 valence electrons. The monoisotopic (exact) mass is 599 g/mol. The van der Waals surface area contributed by atoms with Crippen molar-refractivity contribution in [3.63, 3.8) is 0 Å². The van der Waals surface area contributed by atoms with Crippen LogP contribution in [0, 0.1) is 0 Å². The number of aromatic carboxylic acids is 1. The third kappa shape index (κ3) is 5.92. The van der Waals surface area contributed by atoms with E-state index in [1.165, 1.54) is 12.1 Å². The van der Waals surface area contributed by atoms with E-state index in [0.29, 0.717) is 26.5 Å². The Hall–Kier alpha value is -4.33. The van der Waals surface area contributed by atoms with Crippen molar-refractivity contribution in [1.82, 2.24) is 14.8 Å². The molecule has 1 unspecified atom stereocenters. The average molecular weight is 600 g/mol. The molecule has 0 aliphatic carbocycles. The van der Waals surface area contributed by atoms with Gasteiger partial charge in [0.25, 0.3) is 0 Å². The second-order valence-corrected chi connectivity index (χ2v) is 10.9. The number of methoxy groups -OCH3 is 1. The average Bonchev–Trinajstić information content (AvgIpc) is 3.59. The van der Waals surface area contributed by atoms with E-state index >= 15 is 0 Å². The van der Waals surface area contributed by atoms with Crippen molar-refractivity contribution in [2.24, 2.45) is 5.14 Å². The van der Waals surface area contributed by atoms with Gasteiger partial charge in [-0.15, -0.1) is 16.5 Å². The standard InChI is InChI=1S/C28H21F3N4O4S2/c1-39-20-7-3-5-18(14-20)17-4-2-6-19(13-17)24-22(12-16-8-10-21(11-9-16)41(32)38)25(28(29,30)31)35(34-24)27-33-23(15-40-27)26(36)37/h2-11,13-15H,12H2,1H3,(H2,32,38)(H,36,37)/p+1. The number of carbonyl (C=O) groups is 1. The minimum Gasteiger partial charge on any atom is -0.497 e. The first-order valence-corrected chi connectivity index (χ1v) is 14.2. The number of carboxylic acid groups (broad SMARTS) is 1. The normalized spacial score (nSPS) is 12.3. The summed E-state index contributed by atoms with van der Waals surface area (Å²) in [6.07, 6.45) is -5.03. The van der Waals surface area contributed by atoms with E-state index in [0.717, 1.165) is 27.8 Å². The van der Waals surface area contributed by atoms with Crippen molar-refractivity contribution in [2.45, 2.75) is 17.5 Å². The smallest absolute Gasteiger partial charge is 0.433 e. The number of hydrogen-bond acceptors (Lipinski definition) is 6. The third-order valence-corrected chi connectivity index (χ3v) is 7.88. The van der Waals surface area contributed by atoms with Crippen molar-refractivity contribution in [3.8, 4) is 33.3 Å². The van der Waals surface area contributed by atoms with Crippen LogP contribution in [0.1, 0.15) is 27.3 Å². The van der Waals surface area contributed by atoms with Crippen LogP contribution >= 0.6 is 11.3 Å². The van der Waals surface area contributed by atoms with Gasteiger partial charge in [0.05, 0.1) is 12.8 Å². The summed E-state index contributed by atoms with van der Waals surface area (Å²) in [7, 11) is -0.562. The van der Waals surface area contributed by atoms with Gasteiger partial charge in [-0.05, 0) is 47.0 Å². The molecule has 13 heteroatoms. The number of rotatable bonds is 8. The van der Waals surface area contributed by atoms with Crippen molar-refractivity contribution >= 4 is 28.3 Å². The number of ether oxygens (including phenoxy) is 1. The molecule has 5 aromatic rings. The first-order chi connectivity index (χ1) is 19.5. The van der Waals surface area contributed by atoms with E-state index in [4.69, 9.17) is 9.88 Å². The molecule has 0 amide bonds. The molecule has 0 saturated heterocycles. The zero-order valence-corrected chi connectivity index (χ0v) is 23.0. The predicted molar refractivity (Wildman–Crippen MR) is 150 cm³/mol. The number of hydrogen-bond donors (Lipinski definition) is 2. The molecule has 0 aliphatic heterocycles. The molecule has 0 fully saturated rings. The first kappa shape index (κ1) is 28.2. The van der Waals surface area contributed by atoms with Gasteiger partial charge in [0.15, 0.2) is 27.3 Å². The molecule has 0 radical (unpaired) electrons. The fraction of sp³-hybridized carbons (Fsp3) is 0.107. The Morgan fingerprint density at radius 3 is 2.32 bits per heavy atom. The van der Waals surface area contributed by atoms with Crippen LogP contribution in [0.5, 0.6) is 5.75 Å². The molecule has 0 spiro atoms. The Labute approximate surface area is 238 Å². The van der Waals surface area contributed by atoms with E-state index in [1.807, 2.05) is 24.3 Å². The van der Waals surface area contributed by atoms with Crippen LogP contribution in [0.25, 0.3) is 27.5 Å². The molecule has 1 atom stereocenters.